The molecule has 7 nitrogen and oxygen atoms in total. The fourth-order valence-electron chi connectivity index (χ4n) is 2.13. The fraction of sp³-hybridized carbons (Fsp3) is 0.600. The first-order valence-corrected chi connectivity index (χ1v) is 7.24. The van der Waals surface area contributed by atoms with Crippen LogP contribution in [0.5, 0.6) is 0 Å². The van der Waals surface area contributed by atoms with Crippen LogP contribution in [0.4, 0.5) is 0 Å². The minimum atomic E-state index is -3.51. The maximum absolute atomic E-state index is 12.3. The molecule has 2 heterocycles. The lowest BCUT2D eigenvalue weighted by molar-refractivity contribution is 0.295. The van der Waals surface area contributed by atoms with Crippen LogP contribution < -0.4 is 0 Å². The summed E-state index contributed by atoms with van der Waals surface area (Å²) in [5, 5.41) is 18.4. The molecule has 0 saturated carbocycles. The standard InChI is InChI=1S/C10H16N4O3S/c1-2-8-7-14(6-4-9(8)13-15)18(16,17)10-3-5-11-12-10/h3,5,8,15H,2,4,6-7H2,1H3,(H,11,12). The van der Waals surface area contributed by atoms with Crippen molar-refractivity contribution in [2.45, 2.75) is 24.8 Å². The molecule has 2 N–H and O–H groups in total. The van der Waals surface area contributed by atoms with Crippen LogP contribution in [0.15, 0.2) is 22.4 Å². The van der Waals surface area contributed by atoms with Gasteiger partial charge in [-0.15, -0.1) is 0 Å². The highest BCUT2D eigenvalue weighted by molar-refractivity contribution is 7.89. The summed E-state index contributed by atoms with van der Waals surface area (Å²) < 4.78 is 25.9. The third-order valence-electron chi connectivity index (χ3n) is 3.23. The number of nitrogens with one attached hydrogen (secondary N) is 1. The first-order chi connectivity index (χ1) is 8.59. The molecule has 0 amide bonds. The van der Waals surface area contributed by atoms with E-state index >= 15 is 0 Å². The molecule has 0 spiro atoms. The quantitative estimate of drug-likeness (QED) is 0.623. The maximum Gasteiger partial charge on any atom is 0.259 e. The van der Waals surface area contributed by atoms with Gasteiger partial charge in [-0.05, 0) is 12.5 Å². The summed E-state index contributed by atoms with van der Waals surface area (Å²) in [5.41, 5.74) is 0.675. The smallest absolute Gasteiger partial charge is 0.259 e. The Kier molecular flexibility index (Phi) is 3.67. The van der Waals surface area contributed by atoms with E-state index in [4.69, 9.17) is 5.21 Å². The van der Waals surface area contributed by atoms with Gasteiger partial charge in [-0.2, -0.15) is 9.40 Å². The van der Waals surface area contributed by atoms with Crippen molar-refractivity contribution in [1.82, 2.24) is 14.5 Å². The summed E-state index contributed by atoms with van der Waals surface area (Å²) >= 11 is 0. The van der Waals surface area contributed by atoms with Gasteiger partial charge >= 0.3 is 0 Å². The summed E-state index contributed by atoms with van der Waals surface area (Å²) in [6.07, 6.45) is 2.62. The number of rotatable bonds is 3. The third-order valence-corrected chi connectivity index (χ3v) is 5.02. The van der Waals surface area contributed by atoms with E-state index in [0.29, 0.717) is 25.2 Å². The predicted molar refractivity (Wildman–Crippen MR) is 65.0 cm³/mol. The molecule has 1 aliphatic heterocycles. The molecule has 1 saturated heterocycles. The highest BCUT2D eigenvalue weighted by atomic mass is 32.2. The molecule has 1 aromatic rings. The van der Waals surface area contributed by atoms with Crippen molar-refractivity contribution < 1.29 is 13.6 Å². The van der Waals surface area contributed by atoms with E-state index in [2.05, 4.69) is 15.4 Å². The molecule has 8 heteroatoms. The molecule has 1 aliphatic rings. The van der Waals surface area contributed by atoms with Gasteiger partial charge in [0.2, 0.25) is 0 Å². The molecule has 2 rings (SSSR count). The number of aromatic amines is 1. The van der Waals surface area contributed by atoms with Crippen molar-refractivity contribution in [3.63, 3.8) is 0 Å². The molecule has 0 radical (unpaired) electrons. The zero-order valence-corrected chi connectivity index (χ0v) is 10.9. The molecule has 0 bridgehead atoms. The van der Waals surface area contributed by atoms with Crippen LogP contribution in [0.3, 0.4) is 0 Å². The van der Waals surface area contributed by atoms with Crippen molar-refractivity contribution in [3.05, 3.63) is 12.3 Å². The van der Waals surface area contributed by atoms with E-state index in [9.17, 15) is 8.42 Å². The highest BCUT2D eigenvalue weighted by Crippen LogP contribution is 2.22. The Morgan fingerprint density at radius 2 is 2.44 bits per heavy atom. The number of hydrogen-bond acceptors (Lipinski definition) is 5. The van der Waals surface area contributed by atoms with E-state index < -0.39 is 10.0 Å². The van der Waals surface area contributed by atoms with E-state index in [0.717, 1.165) is 6.42 Å². The Hall–Kier alpha value is -1.41. The maximum atomic E-state index is 12.3. The SMILES string of the molecule is CCC1CN(S(=O)(=O)c2ccn[nH]2)CCC1=NO. The number of hydrogen-bond donors (Lipinski definition) is 2. The van der Waals surface area contributed by atoms with Gasteiger partial charge in [-0.1, -0.05) is 12.1 Å². The van der Waals surface area contributed by atoms with E-state index in [1.165, 1.54) is 16.6 Å². The van der Waals surface area contributed by atoms with Gasteiger partial charge in [0, 0.05) is 25.4 Å². The largest absolute Gasteiger partial charge is 0.411 e. The Morgan fingerprint density at radius 3 is 3.00 bits per heavy atom. The van der Waals surface area contributed by atoms with E-state index in [1.807, 2.05) is 6.92 Å². The third kappa shape index (κ3) is 2.25. The minimum Gasteiger partial charge on any atom is -0.411 e. The second-order valence-corrected chi connectivity index (χ2v) is 6.14. The van der Waals surface area contributed by atoms with E-state index in [-0.39, 0.29) is 10.9 Å². The summed E-state index contributed by atoms with van der Waals surface area (Å²) in [4.78, 5) is 0. The first kappa shape index (κ1) is 13.0. The number of nitrogens with zero attached hydrogens (tertiary/aromatic N) is 3. The minimum absolute atomic E-state index is 0.0264. The zero-order valence-electron chi connectivity index (χ0n) is 10.1. The van der Waals surface area contributed by atoms with Crippen LogP contribution in [0.1, 0.15) is 19.8 Å². The Bertz CT molecular complexity index is 523. The molecule has 1 unspecified atom stereocenters. The monoisotopic (exact) mass is 272 g/mol. The van der Waals surface area contributed by atoms with Gasteiger partial charge in [-0.3, -0.25) is 5.10 Å². The molecular weight excluding hydrogens is 256 g/mol. The predicted octanol–water partition coefficient (Wildman–Crippen LogP) is 0.660. The van der Waals surface area contributed by atoms with Crippen LogP contribution in [0.2, 0.25) is 0 Å². The van der Waals surface area contributed by atoms with Crippen molar-refractivity contribution in [3.8, 4) is 0 Å². The first-order valence-electron chi connectivity index (χ1n) is 5.80. The molecular formula is C10H16N4O3S. The van der Waals surface area contributed by atoms with Gasteiger partial charge < -0.3 is 5.21 Å². The Labute approximate surface area is 106 Å². The Morgan fingerprint density at radius 1 is 1.67 bits per heavy atom. The summed E-state index contributed by atoms with van der Waals surface area (Å²) in [6, 6.07) is 1.44. The molecule has 18 heavy (non-hydrogen) atoms. The molecule has 0 aromatic carbocycles. The van der Waals surface area contributed by atoms with Crippen molar-refractivity contribution in [2.75, 3.05) is 13.1 Å². The second-order valence-electron chi connectivity index (χ2n) is 4.23. The number of piperidine rings is 1. The van der Waals surface area contributed by atoms with Crippen molar-refractivity contribution in [2.24, 2.45) is 11.1 Å². The number of sulfonamides is 1. The number of aromatic nitrogens is 2. The average molecular weight is 272 g/mol. The van der Waals surface area contributed by atoms with Gasteiger partial charge in [0.15, 0.2) is 5.03 Å². The lowest BCUT2D eigenvalue weighted by Gasteiger charge is -2.31. The lowest BCUT2D eigenvalue weighted by atomic mass is 9.95. The van der Waals surface area contributed by atoms with Gasteiger partial charge in [0.25, 0.3) is 10.0 Å². The van der Waals surface area contributed by atoms with Crippen LogP contribution in [-0.4, -0.2) is 46.9 Å². The summed E-state index contributed by atoms with van der Waals surface area (Å²) in [6.45, 7) is 2.62. The fourth-order valence-corrected chi connectivity index (χ4v) is 3.51. The topological polar surface area (TPSA) is 98.7 Å². The normalized spacial score (nSPS) is 24.5. The van der Waals surface area contributed by atoms with Crippen LogP contribution in [0, 0.1) is 5.92 Å². The van der Waals surface area contributed by atoms with Crippen LogP contribution >= 0.6 is 0 Å². The van der Waals surface area contributed by atoms with Gasteiger partial charge in [0.1, 0.15) is 0 Å². The zero-order chi connectivity index (χ0) is 13.2. The second kappa shape index (κ2) is 5.07. The summed E-state index contributed by atoms with van der Waals surface area (Å²) in [7, 11) is -3.51. The van der Waals surface area contributed by atoms with Crippen LogP contribution in [0.25, 0.3) is 0 Å². The molecule has 1 fully saturated rings. The van der Waals surface area contributed by atoms with Gasteiger partial charge in [-0.25, -0.2) is 8.42 Å². The summed E-state index contributed by atoms with van der Waals surface area (Å²) in [5.74, 6) is -0.0264. The Balaban J connectivity index is 2.21. The molecule has 1 aromatic heterocycles. The molecule has 0 aliphatic carbocycles. The van der Waals surface area contributed by atoms with Crippen molar-refractivity contribution in [1.29, 1.82) is 0 Å². The highest BCUT2D eigenvalue weighted by Gasteiger charge is 2.33. The van der Waals surface area contributed by atoms with Crippen LogP contribution in [-0.2, 0) is 10.0 Å². The van der Waals surface area contributed by atoms with E-state index in [1.54, 1.807) is 0 Å². The number of oxime groups is 1. The molecule has 1 atom stereocenters. The lowest BCUT2D eigenvalue weighted by Crippen LogP contribution is -2.44. The number of H-pyrrole nitrogens is 1. The van der Waals surface area contributed by atoms with Gasteiger partial charge in [0.05, 0.1) is 11.9 Å². The van der Waals surface area contributed by atoms with Crippen molar-refractivity contribution >= 4 is 15.7 Å². The average Bonchev–Trinajstić information content (AvgIpc) is 2.92. The molecule has 100 valence electrons.